The molecule has 2 saturated heterocycles. The first kappa shape index (κ1) is 23.4. The first-order chi connectivity index (χ1) is 16.3. The van der Waals surface area contributed by atoms with Crippen LogP contribution >= 0.6 is 0 Å². The molecule has 34 heavy (non-hydrogen) atoms. The number of carbonyl (C=O) groups excluding carboxylic acids is 3. The quantitative estimate of drug-likeness (QED) is 0.608. The number of benzene rings is 2. The molecule has 1 unspecified atom stereocenters. The van der Waals surface area contributed by atoms with Crippen molar-refractivity contribution in [1.82, 2.24) is 15.5 Å². The van der Waals surface area contributed by atoms with Crippen LogP contribution in [-0.2, 0) is 15.1 Å². The summed E-state index contributed by atoms with van der Waals surface area (Å²) < 4.78 is 10.4. The van der Waals surface area contributed by atoms with Gasteiger partial charge in [0.25, 0.3) is 5.91 Å². The van der Waals surface area contributed by atoms with Gasteiger partial charge in [-0.25, -0.2) is 4.79 Å². The van der Waals surface area contributed by atoms with Crippen LogP contribution in [-0.4, -0.2) is 62.6 Å². The number of hydrogen-bond donors (Lipinski definition) is 2. The van der Waals surface area contributed by atoms with Crippen LogP contribution in [0, 0.1) is 0 Å². The standard InChI is InChI=1S/C25H30N4O5/c1-25(17-4-8-20(33-2)9-5-17)23(31)29(24(32)27-25)16-22(30)26-18-12-14-28(15-13-18)19-6-10-21(34-3)11-7-19/h4-11,18H,12-16H2,1-3H3,(H,26,30)(H,27,32). The fraction of sp³-hybridized carbons (Fsp3) is 0.400. The van der Waals surface area contributed by atoms with Crippen molar-refractivity contribution in [3.63, 3.8) is 0 Å². The zero-order valence-electron chi connectivity index (χ0n) is 19.7. The number of nitrogens with zero attached hydrogens (tertiary/aromatic N) is 2. The summed E-state index contributed by atoms with van der Waals surface area (Å²) in [6.07, 6.45) is 1.56. The Labute approximate surface area is 199 Å². The predicted octanol–water partition coefficient (Wildman–Crippen LogP) is 2.26. The van der Waals surface area contributed by atoms with Gasteiger partial charge in [0.1, 0.15) is 23.6 Å². The predicted molar refractivity (Wildman–Crippen MR) is 127 cm³/mol. The third-order valence-electron chi connectivity index (χ3n) is 6.54. The van der Waals surface area contributed by atoms with Crippen LogP contribution in [0.5, 0.6) is 11.5 Å². The molecule has 4 amide bonds. The maximum Gasteiger partial charge on any atom is 0.325 e. The molecule has 2 aliphatic rings. The fourth-order valence-corrected chi connectivity index (χ4v) is 4.45. The monoisotopic (exact) mass is 466 g/mol. The van der Waals surface area contributed by atoms with E-state index in [0.29, 0.717) is 11.3 Å². The molecule has 0 aliphatic carbocycles. The molecule has 2 aliphatic heterocycles. The van der Waals surface area contributed by atoms with Crippen LogP contribution < -0.4 is 25.0 Å². The molecular formula is C25H30N4O5. The number of carbonyl (C=O) groups is 3. The summed E-state index contributed by atoms with van der Waals surface area (Å²) in [5, 5.41) is 5.71. The third-order valence-corrected chi connectivity index (χ3v) is 6.54. The number of ether oxygens (including phenoxy) is 2. The van der Waals surface area contributed by atoms with Crippen molar-refractivity contribution in [3.8, 4) is 11.5 Å². The molecule has 2 aromatic carbocycles. The van der Waals surface area contributed by atoms with Gasteiger partial charge in [-0.2, -0.15) is 0 Å². The van der Waals surface area contributed by atoms with E-state index < -0.39 is 17.5 Å². The Morgan fingerprint density at radius 3 is 2.12 bits per heavy atom. The van der Waals surface area contributed by atoms with E-state index in [1.54, 1.807) is 45.4 Å². The van der Waals surface area contributed by atoms with Crippen LogP contribution in [0.25, 0.3) is 0 Å². The number of amides is 4. The Morgan fingerprint density at radius 1 is 1.00 bits per heavy atom. The first-order valence-electron chi connectivity index (χ1n) is 11.3. The molecule has 9 nitrogen and oxygen atoms in total. The number of rotatable bonds is 7. The van der Waals surface area contributed by atoms with Crippen molar-refractivity contribution < 1.29 is 23.9 Å². The van der Waals surface area contributed by atoms with Crippen molar-refractivity contribution in [3.05, 3.63) is 54.1 Å². The van der Waals surface area contributed by atoms with Gasteiger partial charge in [-0.1, -0.05) is 12.1 Å². The summed E-state index contributed by atoms with van der Waals surface area (Å²) in [6.45, 7) is 2.93. The number of methoxy groups -OCH3 is 2. The first-order valence-corrected chi connectivity index (χ1v) is 11.3. The summed E-state index contributed by atoms with van der Waals surface area (Å²) in [4.78, 5) is 41.5. The number of hydrogen-bond acceptors (Lipinski definition) is 6. The van der Waals surface area contributed by atoms with Gasteiger partial charge in [0, 0.05) is 24.8 Å². The van der Waals surface area contributed by atoms with Crippen LogP contribution in [0.2, 0.25) is 0 Å². The fourth-order valence-electron chi connectivity index (χ4n) is 4.45. The number of imide groups is 1. The molecule has 2 aromatic rings. The van der Waals surface area contributed by atoms with Crippen molar-refractivity contribution in [2.45, 2.75) is 31.3 Å². The Bertz CT molecular complexity index is 1050. The largest absolute Gasteiger partial charge is 0.497 e. The molecule has 2 fully saturated rings. The maximum atomic E-state index is 13.1. The number of piperidine rings is 1. The highest BCUT2D eigenvalue weighted by molar-refractivity contribution is 6.09. The van der Waals surface area contributed by atoms with Gasteiger partial charge in [-0.15, -0.1) is 0 Å². The average molecular weight is 467 g/mol. The van der Waals surface area contributed by atoms with Gasteiger partial charge in [0.05, 0.1) is 14.2 Å². The van der Waals surface area contributed by atoms with Gasteiger partial charge in [0.15, 0.2) is 0 Å². The second-order valence-electron chi connectivity index (χ2n) is 8.70. The van der Waals surface area contributed by atoms with Crippen LogP contribution in [0.15, 0.2) is 48.5 Å². The van der Waals surface area contributed by atoms with E-state index in [-0.39, 0.29) is 18.5 Å². The van der Waals surface area contributed by atoms with Gasteiger partial charge in [-0.05, 0) is 61.7 Å². The van der Waals surface area contributed by atoms with Gasteiger partial charge in [-0.3, -0.25) is 14.5 Å². The van der Waals surface area contributed by atoms with E-state index in [9.17, 15) is 14.4 Å². The van der Waals surface area contributed by atoms with E-state index in [2.05, 4.69) is 15.5 Å². The SMILES string of the molecule is COc1ccc(N2CCC(NC(=O)CN3C(=O)NC(C)(c4ccc(OC)cc4)C3=O)CC2)cc1. The Hall–Kier alpha value is -3.75. The molecule has 9 heteroatoms. The van der Waals surface area contributed by atoms with E-state index >= 15 is 0 Å². The summed E-state index contributed by atoms with van der Waals surface area (Å²) in [5.41, 5.74) is 0.510. The highest BCUT2D eigenvalue weighted by Crippen LogP contribution is 2.30. The topological polar surface area (TPSA) is 100 Å². The second-order valence-corrected chi connectivity index (χ2v) is 8.70. The van der Waals surface area contributed by atoms with Crippen molar-refractivity contribution >= 4 is 23.5 Å². The van der Waals surface area contributed by atoms with E-state index in [1.807, 2.05) is 24.3 Å². The lowest BCUT2D eigenvalue weighted by Crippen LogP contribution is -2.49. The molecule has 0 bridgehead atoms. The summed E-state index contributed by atoms with van der Waals surface area (Å²) >= 11 is 0. The van der Waals surface area contributed by atoms with E-state index in [1.165, 1.54) is 0 Å². The van der Waals surface area contributed by atoms with Gasteiger partial charge in [0.2, 0.25) is 5.91 Å². The van der Waals surface area contributed by atoms with Crippen molar-refractivity contribution in [1.29, 1.82) is 0 Å². The molecule has 0 radical (unpaired) electrons. The van der Waals surface area contributed by atoms with E-state index in [0.717, 1.165) is 42.3 Å². The lowest BCUT2D eigenvalue weighted by molar-refractivity contribution is -0.135. The normalized spacial score (nSPS) is 20.8. The van der Waals surface area contributed by atoms with Crippen molar-refractivity contribution in [2.24, 2.45) is 0 Å². The number of anilines is 1. The summed E-state index contributed by atoms with van der Waals surface area (Å²) in [7, 11) is 3.20. The Balaban J connectivity index is 1.31. The van der Waals surface area contributed by atoms with Gasteiger partial charge >= 0.3 is 6.03 Å². The van der Waals surface area contributed by atoms with Crippen LogP contribution in [0.1, 0.15) is 25.3 Å². The third kappa shape index (κ3) is 4.64. The molecule has 180 valence electrons. The van der Waals surface area contributed by atoms with Crippen LogP contribution in [0.4, 0.5) is 10.5 Å². The Morgan fingerprint density at radius 2 is 1.56 bits per heavy atom. The molecule has 0 spiro atoms. The number of urea groups is 1. The lowest BCUT2D eigenvalue weighted by Gasteiger charge is -2.34. The highest BCUT2D eigenvalue weighted by Gasteiger charge is 2.49. The van der Waals surface area contributed by atoms with Gasteiger partial charge < -0.3 is 25.0 Å². The second kappa shape index (κ2) is 9.62. The minimum absolute atomic E-state index is 0.00395. The average Bonchev–Trinajstić information content (AvgIpc) is 3.08. The van der Waals surface area contributed by atoms with Crippen LogP contribution in [0.3, 0.4) is 0 Å². The van der Waals surface area contributed by atoms with E-state index in [4.69, 9.17) is 9.47 Å². The van der Waals surface area contributed by atoms with Crippen molar-refractivity contribution in [2.75, 3.05) is 38.8 Å². The molecule has 0 aromatic heterocycles. The molecule has 1 atom stereocenters. The number of nitrogens with one attached hydrogen (secondary N) is 2. The maximum absolute atomic E-state index is 13.1. The highest BCUT2D eigenvalue weighted by atomic mass is 16.5. The molecule has 0 saturated carbocycles. The summed E-state index contributed by atoms with van der Waals surface area (Å²) in [5.74, 6) is 0.672. The molecule has 2 N–H and O–H groups in total. The Kier molecular flexibility index (Phi) is 6.63. The smallest absolute Gasteiger partial charge is 0.325 e. The minimum Gasteiger partial charge on any atom is -0.497 e. The summed E-state index contributed by atoms with van der Waals surface area (Å²) in [6, 6.07) is 14.3. The molecule has 4 rings (SSSR count). The molecular weight excluding hydrogens is 436 g/mol. The lowest BCUT2D eigenvalue weighted by atomic mass is 9.92. The zero-order chi connectivity index (χ0) is 24.3. The minimum atomic E-state index is -1.23. The zero-order valence-corrected chi connectivity index (χ0v) is 19.7. The molecule has 2 heterocycles.